The number of carbonyl (C=O) groups excluding carboxylic acids is 2. The Bertz CT molecular complexity index is 542. The highest BCUT2D eigenvalue weighted by molar-refractivity contribution is 8.02. The zero-order valence-electron chi connectivity index (χ0n) is 12.3. The van der Waals surface area contributed by atoms with Crippen molar-refractivity contribution in [3.8, 4) is 0 Å². The molecule has 4 nitrogen and oxygen atoms in total. The molecule has 0 saturated carbocycles. The van der Waals surface area contributed by atoms with E-state index in [1.165, 1.54) is 11.8 Å². The van der Waals surface area contributed by atoms with E-state index in [1.54, 1.807) is 23.8 Å². The van der Waals surface area contributed by atoms with Crippen LogP contribution in [0.4, 0.5) is 5.69 Å². The molecule has 0 aliphatic carbocycles. The van der Waals surface area contributed by atoms with E-state index in [1.807, 2.05) is 38.1 Å². The fraction of sp³-hybridized carbons (Fsp3) is 0.467. The topological polar surface area (TPSA) is 40.6 Å². The van der Waals surface area contributed by atoms with Crippen LogP contribution in [0.1, 0.15) is 20.8 Å². The van der Waals surface area contributed by atoms with Crippen LogP contribution in [-0.2, 0) is 9.59 Å². The highest BCUT2D eigenvalue weighted by atomic mass is 32.2. The number of fused-ring (bicyclic) bond motifs is 1. The number of nitrogens with zero attached hydrogens (tertiary/aromatic N) is 2. The highest BCUT2D eigenvalue weighted by Crippen LogP contribution is 2.45. The molecule has 0 unspecified atom stereocenters. The van der Waals surface area contributed by atoms with Crippen LogP contribution in [0.15, 0.2) is 29.2 Å². The Labute approximate surface area is 124 Å². The van der Waals surface area contributed by atoms with E-state index in [2.05, 4.69) is 0 Å². The Hall–Kier alpha value is -1.49. The molecule has 1 aromatic carbocycles. The van der Waals surface area contributed by atoms with Gasteiger partial charge < -0.3 is 9.80 Å². The molecule has 0 saturated heterocycles. The van der Waals surface area contributed by atoms with Crippen LogP contribution in [0.2, 0.25) is 0 Å². The maximum Gasteiger partial charge on any atom is 0.252 e. The van der Waals surface area contributed by atoms with Crippen molar-refractivity contribution >= 4 is 29.3 Å². The van der Waals surface area contributed by atoms with Gasteiger partial charge in [0.25, 0.3) is 5.91 Å². The minimum Gasteiger partial charge on any atom is -0.342 e. The standard InChI is InChI=1S/C15H20N2O2S/c1-5-17(6-2)14(19)15(3)13(18)16(4)11-9-7-8-10-12(11)20-15/h7-10H,5-6H2,1-4H3/t15-/m0/s1. The molecule has 0 aromatic heterocycles. The zero-order valence-corrected chi connectivity index (χ0v) is 13.2. The van der Waals surface area contributed by atoms with Crippen molar-refractivity contribution in [2.75, 3.05) is 25.0 Å². The third kappa shape index (κ3) is 2.20. The minimum atomic E-state index is -1.07. The average Bonchev–Trinajstić information content (AvgIpc) is 2.46. The molecule has 0 spiro atoms. The Morgan fingerprint density at radius 1 is 1.30 bits per heavy atom. The maximum absolute atomic E-state index is 12.7. The van der Waals surface area contributed by atoms with Gasteiger partial charge in [0.2, 0.25) is 5.91 Å². The minimum absolute atomic E-state index is 0.112. The van der Waals surface area contributed by atoms with Crippen LogP contribution in [0.5, 0.6) is 0 Å². The van der Waals surface area contributed by atoms with Gasteiger partial charge in [0.15, 0.2) is 4.75 Å². The van der Waals surface area contributed by atoms with Crippen molar-refractivity contribution in [3.63, 3.8) is 0 Å². The number of amides is 2. The number of hydrogen-bond acceptors (Lipinski definition) is 3. The molecule has 0 radical (unpaired) electrons. The third-order valence-corrected chi connectivity index (χ3v) is 5.03. The molecule has 2 rings (SSSR count). The second kappa shape index (κ2) is 5.48. The zero-order chi connectivity index (χ0) is 14.9. The van der Waals surface area contributed by atoms with Crippen molar-refractivity contribution in [2.45, 2.75) is 30.4 Å². The van der Waals surface area contributed by atoms with Crippen LogP contribution >= 0.6 is 11.8 Å². The number of rotatable bonds is 3. The first-order valence-electron chi connectivity index (χ1n) is 6.81. The summed E-state index contributed by atoms with van der Waals surface area (Å²) in [5, 5.41) is 0. The van der Waals surface area contributed by atoms with Crippen LogP contribution in [-0.4, -0.2) is 41.6 Å². The number of para-hydroxylation sites is 1. The lowest BCUT2D eigenvalue weighted by Gasteiger charge is -2.39. The summed E-state index contributed by atoms with van der Waals surface area (Å²) in [4.78, 5) is 29.6. The maximum atomic E-state index is 12.7. The molecule has 0 bridgehead atoms. The summed E-state index contributed by atoms with van der Waals surface area (Å²) in [6.07, 6.45) is 0. The predicted octanol–water partition coefficient (Wildman–Crippen LogP) is 2.38. The van der Waals surface area contributed by atoms with E-state index in [9.17, 15) is 9.59 Å². The molecule has 108 valence electrons. The van der Waals surface area contributed by atoms with Gasteiger partial charge in [-0.3, -0.25) is 9.59 Å². The molecular weight excluding hydrogens is 272 g/mol. The molecule has 1 heterocycles. The highest BCUT2D eigenvalue weighted by Gasteiger charge is 2.49. The van der Waals surface area contributed by atoms with Crippen LogP contribution in [0.25, 0.3) is 0 Å². The monoisotopic (exact) mass is 292 g/mol. The first-order chi connectivity index (χ1) is 9.45. The van der Waals surface area contributed by atoms with E-state index < -0.39 is 4.75 Å². The van der Waals surface area contributed by atoms with E-state index >= 15 is 0 Å². The fourth-order valence-corrected chi connectivity index (χ4v) is 3.80. The lowest BCUT2D eigenvalue weighted by molar-refractivity contribution is -0.138. The number of carbonyl (C=O) groups is 2. The molecule has 0 N–H and O–H groups in total. The van der Waals surface area contributed by atoms with Crippen molar-refractivity contribution in [2.24, 2.45) is 0 Å². The molecular formula is C15H20N2O2S. The van der Waals surface area contributed by atoms with Gasteiger partial charge in [0.1, 0.15) is 0 Å². The molecule has 0 fully saturated rings. The summed E-state index contributed by atoms with van der Waals surface area (Å²) in [5.41, 5.74) is 0.868. The fourth-order valence-electron chi connectivity index (χ4n) is 2.46. The Balaban J connectivity index is 2.43. The number of thioether (sulfide) groups is 1. The molecule has 1 atom stereocenters. The molecule has 20 heavy (non-hydrogen) atoms. The van der Waals surface area contributed by atoms with Gasteiger partial charge >= 0.3 is 0 Å². The molecule has 2 amide bonds. The summed E-state index contributed by atoms with van der Waals surface area (Å²) in [6.45, 7) is 6.82. The van der Waals surface area contributed by atoms with Gasteiger partial charge in [0.05, 0.1) is 5.69 Å². The Morgan fingerprint density at radius 3 is 2.50 bits per heavy atom. The van der Waals surface area contributed by atoms with Gasteiger partial charge in [-0.25, -0.2) is 0 Å². The predicted molar refractivity (Wildman–Crippen MR) is 82.0 cm³/mol. The SMILES string of the molecule is CCN(CC)C(=O)[C@@]1(C)Sc2ccccc2N(C)C1=O. The van der Waals surface area contributed by atoms with Crippen molar-refractivity contribution in [3.05, 3.63) is 24.3 Å². The van der Waals surface area contributed by atoms with E-state index in [0.29, 0.717) is 13.1 Å². The lowest BCUT2D eigenvalue weighted by atomic mass is 10.1. The van der Waals surface area contributed by atoms with Crippen molar-refractivity contribution in [1.82, 2.24) is 4.90 Å². The molecule has 1 aromatic rings. The van der Waals surface area contributed by atoms with Gasteiger partial charge in [-0.2, -0.15) is 0 Å². The van der Waals surface area contributed by atoms with E-state index in [0.717, 1.165) is 10.6 Å². The van der Waals surface area contributed by atoms with Gasteiger partial charge in [-0.15, -0.1) is 0 Å². The second-order valence-corrected chi connectivity index (χ2v) is 6.41. The first kappa shape index (κ1) is 14.9. The summed E-state index contributed by atoms with van der Waals surface area (Å²) >= 11 is 1.36. The molecule has 5 heteroatoms. The summed E-state index contributed by atoms with van der Waals surface area (Å²) < 4.78 is -1.07. The summed E-state index contributed by atoms with van der Waals surface area (Å²) in [5.74, 6) is -0.267. The number of benzene rings is 1. The molecule has 1 aliphatic heterocycles. The normalized spacial score (nSPS) is 21.6. The van der Waals surface area contributed by atoms with Gasteiger partial charge in [-0.1, -0.05) is 23.9 Å². The summed E-state index contributed by atoms with van der Waals surface area (Å²) in [6, 6.07) is 7.69. The van der Waals surface area contributed by atoms with Gasteiger partial charge in [0, 0.05) is 25.0 Å². The average molecular weight is 292 g/mol. The van der Waals surface area contributed by atoms with E-state index in [-0.39, 0.29) is 11.8 Å². The smallest absolute Gasteiger partial charge is 0.252 e. The summed E-state index contributed by atoms with van der Waals surface area (Å²) in [7, 11) is 1.73. The van der Waals surface area contributed by atoms with Crippen LogP contribution in [0, 0.1) is 0 Å². The van der Waals surface area contributed by atoms with E-state index in [4.69, 9.17) is 0 Å². The molecule has 1 aliphatic rings. The quantitative estimate of drug-likeness (QED) is 0.803. The lowest BCUT2D eigenvalue weighted by Crippen LogP contribution is -2.56. The second-order valence-electron chi connectivity index (χ2n) is 4.94. The Kier molecular flexibility index (Phi) is 4.09. The van der Waals surface area contributed by atoms with Gasteiger partial charge in [-0.05, 0) is 32.9 Å². The largest absolute Gasteiger partial charge is 0.342 e. The number of anilines is 1. The van der Waals surface area contributed by atoms with Crippen molar-refractivity contribution in [1.29, 1.82) is 0 Å². The van der Waals surface area contributed by atoms with Crippen LogP contribution in [0.3, 0.4) is 0 Å². The third-order valence-electron chi connectivity index (χ3n) is 3.71. The van der Waals surface area contributed by atoms with Crippen molar-refractivity contribution < 1.29 is 9.59 Å². The number of hydrogen-bond donors (Lipinski definition) is 0. The Morgan fingerprint density at radius 2 is 1.90 bits per heavy atom. The van der Waals surface area contributed by atoms with Crippen LogP contribution < -0.4 is 4.90 Å². The first-order valence-corrected chi connectivity index (χ1v) is 7.63.